The van der Waals surface area contributed by atoms with E-state index in [1.54, 1.807) is 0 Å². The Labute approximate surface area is 139 Å². The molecule has 1 saturated heterocycles. The van der Waals surface area contributed by atoms with Crippen molar-refractivity contribution in [2.75, 3.05) is 52.5 Å². The van der Waals surface area contributed by atoms with Gasteiger partial charge in [0, 0.05) is 32.7 Å². The first-order valence-electron chi connectivity index (χ1n) is 7.12. The minimum absolute atomic E-state index is 0. The van der Waals surface area contributed by atoms with Crippen molar-refractivity contribution in [1.29, 1.82) is 0 Å². The fourth-order valence-corrected chi connectivity index (χ4v) is 2.05. The molecule has 0 aromatic heterocycles. The van der Waals surface area contributed by atoms with Crippen molar-refractivity contribution < 1.29 is 9.84 Å². The van der Waals surface area contributed by atoms with Gasteiger partial charge in [0.15, 0.2) is 5.96 Å². The van der Waals surface area contributed by atoms with Crippen molar-refractivity contribution in [3.63, 3.8) is 0 Å². The van der Waals surface area contributed by atoms with E-state index in [2.05, 4.69) is 20.5 Å². The first-order chi connectivity index (χ1) is 9.07. The van der Waals surface area contributed by atoms with Crippen LogP contribution in [0.25, 0.3) is 0 Å². The quantitative estimate of drug-likeness (QED) is 0.339. The Morgan fingerprint density at radius 3 is 2.30 bits per heavy atom. The van der Waals surface area contributed by atoms with Crippen molar-refractivity contribution in [3.05, 3.63) is 0 Å². The third-order valence-corrected chi connectivity index (χ3v) is 2.93. The third kappa shape index (κ3) is 8.23. The minimum Gasteiger partial charge on any atom is -0.387 e. The lowest BCUT2D eigenvalue weighted by atomic mass is 10.1. The number of halogens is 1. The van der Waals surface area contributed by atoms with E-state index in [-0.39, 0.29) is 24.0 Å². The molecular weight excluding hydrogens is 371 g/mol. The molecule has 1 heterocycles. The Morgan fingerprint density at radius 1 is 1.25 bits per heavy atom. The lowest BCUT2D eigenvalue weighted by Crippen LogP contribution is -2.48. The number of hydrogen-bond donors (Lipinski definition) is 3. The largest absolute Gasteiger partial charge is 0.387 e. The van der Waals surface area contributed by atoms with Gasteiger partial charge in [-0.2, -0.15) is 0 Å². The molecule has 0 amide bonds. The lowest BCUT2D eigenvalue weighted by Gasteiger charge is -2.33. The molecule has 1 rings (SSSR count). The van der Waals surface area contributed by atoms with Gasteiger partial charge in [-0.15, -0.1) is 24.0 Å². The Kier molecular flexibility index (Phi) is 10.5. The molecule has 0 aromatic carbocycles. The van der Waals surface area contributed by atoms with E-state index < -0.39 is 5.60 Å². The van der Waals surface area contributed by atoms with Gasteiger partial charge in [0.2, 0.25) is 0 Å². The van der Waals surface area contributed by atoms with Gasteiger partial charge >= 0.3 is 0 Å². The number of nitrogens with one attached hydrogen (secondary N) is 2. The van der Waals surface area contributed by atoms with Gasteiger partial charge in [0.1, 0.15) is 0 Å². The van der Waals surface area contributed by atoms with Crippen LogP contribution in [-0.4, -0.2) is 74.0 Å². The van der Waals surface area contributed by atoms with Gasteiger partial charge in [0.05, 0.1) is 25.4 Å². The Balaban J connectivity index is 0.00000361. The second-order valence-electron chi connectivity index (χ2n) is 5.11. The summed E-state index contributed by atoms with van der Waals surface area (Å²) in [5.41, 5.74) is -0.812. The van der Waals surface area contributed by atoms with Gasteiger partial charge in [-0.1, -0.05) is 0 Å². The van der Waals surface area contributed by atoms with Crippen LogP contribution in [0.15, 0.2) is 4.99 Å². The molecule has 0 radical (unpaired) electrons. The summed E-state index contributed by atoms with van der Waals surface area (Å²) in [5.74, 6) is 0.757. The van der Waals surface area contributed by atoms with Crippen molar-refractivity contribution >= 4 is 29.9 Å². The summed E-state index contributed by atoms with van der Waals surface area (Å²) in [7, 11) is 0. The Morgan fingerprint density at radius 2 is 1.80 bits per heavy atom. The number of hydrogen-bond acceptors (Lipinski definition) is 4. The van der Waals surface area contributed by atoms with E-state index >= 15 is 0 Å². The topological polar surface area (TPSA) is 69.1 Å². The maximum Gasteiger partial charge on any atom is 0.191 e. The summed E-state index contributed by atoms with van der Waals surface area (Å²) in [5, 5.41) is 16.7. The number of aliphatic imine (C=N–C) groups is 1. The number of rotatable bonds is 6. The molecule has 1 aliphatic heterocycles. The number of nitrogens with zero attached hydrogens (tertiary/aromatic N) is 2. The molecule has 6 nitrogen and oxygen atoms in total. The molecule has 3 N–H and O–H groups in total. The van der Waals surface area contributed by atoms with Crippen molar-refractivity contribution in [1.82, 2.24) is 15.5 Å². The van der Waals surface area contributed by atoms with Gasteiger partial charge in [0.25, 0.3) is 0 Å². The molecule has 20 heavy (non-hydrogen) atoms. The van der Waals surface area contributed by atoms with Crippen LogP contribution in [-0.2, 0) is 4.74 Å². The second kappa shape index (κ2) is 10.6. The summed E-state index contributed by atoms with van der Waals surface area (Å²) in [4.78, 5) is 6.65. The molecule has 0 spiro atoms. The van der Waals surface area contributed by atoms with E-state index in [4.69, 9.17) is 4.74 Å². The third-order valence-electron chi connectivity index (χ3n) is 2.93. The van der Waals surface area contributed by atoms with Crippen molar-refractivity contribution in [3.8, 4) is 0 Å². The zero-order valence-corrected chi connectivity index (χ0v) is 15.1. The summed E-state index contributed by atoms with van der Waals surface area (Å²) in [6.07, 6.45) is 0. The number of β-amino-alcohol motifs (C(OH)–C–C–N with tert-alkyl or cyclic N) is 1. The highest BCUT2D eigenvalue weighted by Crippen LogP contribution is 2.09. The van der Waals surface area contributed by atoms with E-state index in [1.807, 2.05) is 20.8 Å². The fourth-order valence-electron chi connectivity index (χ4n) is 2.05. The molecule has 0 aliphatic carbocycles. The van der Waals surface area contributed by atoms with Crippen LogP contribution in [0.5, 0.6) is 0 Å². The number of morpholine rings is 1. The molecule has 1 fully saturated rings. The Bertz CT molecular complexity index is 274. The number of ether oxygens (including phenoxy) is 1. The maximum absolute atomic E-state index is 10.4. The Hall–Kier alpha value is -0.120. The predicted molar refractivity (Wildman–Crippen MR) is 93.0 cm³/mol. The molecule has 1 aliphatic rings. The van der Waals surface area contributed by atoms with Crippen LogP contribution in [0.2, 0.25) is 0 Å². The zero-order valence-electron chi connectivity index (χ0n) is 12.8. The second-order valence-corrected chi connectivity index (χ2v) is 5.11. The van der Waals surface area contributed by atoms with Crippen molar-refractivity contribution in [2.45, 2.75) is 26.4 Å². The highest BCUT2D eigenvalue weighted by atomic mass is 127. The first kappa shape index (κ1) is 19.9. The standard InChI is InChI=1S/C13H28N4O2.HI/c1-4-14-12(15-5-2)16-10-13(3,18)11-17-6-8-19-9-7-17;/h18H,4-11H2,1-3H3,(H2,14,15,16);1H. The average Bonchev–Trinajstić information content (AvgIpc) is 2.37. The summed E-state index contributed by atoms with van der Waals surface area (Å²) in [6, 6.07) is 0. The van der Waals surface area contributed by atoms with Crippen LogP contribution in [0.3, 0.4) is 0 Å². The maximum atomic E-state index is 10.4. The normalized spacial score (nSPS) is 18.6. The van der Waals surface area contributed by atoms with E-state index in [0.717, 1.165) is 45.4 Å². The molecule has 1 unspecified atom stereocenters. The number of guanidine groups is 1. The average molecular weight is 400 g/mol. The highest BCUT2D eigenvalue weighted by Gasteiger charge is 2.25. The molecule has 0 saturated carbocycles. The molecule has 1 atom stereocenters. The summed E-state index contributed by atoms with van der Waals surface area (Å²) < 4.78 is 5.31. The minimum atomic E-state index is -0.812. The van der Waals surface area contributed by atoms with Gasteiger partial charge in [-0.25, -0.2) is 0 Å². The first-order valence-corrected chi connectivity index (χ1v) is 7.12. The zero-order chi connectivity index (χ0) is 14.1. The molecule has 7 heteroatoms. The van der Waals surface area contributed by atoms with Gasteiger partial charge in [-0.05, 0) is 20.8 Å². The van der Waals surface area contributed by atoms with Gasteiger partial charge < -0.3 is 20.5 Å². The van der Waals surface area contributed by atoms with E-state index in [0.29, 0.717) is 13.1 Å². The predicted octanol–water partition coefficient (Wildman–Crippen LogP) is 0.263. The monoisotopic (exact) mass is 400 g/mol. The SMILES string of the molecule is CCNC(=NCC(C)(O)CN1CCOCC1)NCC.I. The fraction of sp³-hybridized carbons (Fsp3) is 0.923. The smallest absolute Gasteiger partial charge is 0.191 e. The molecular formula is C13H29IN4O2. The van der Waals surface area contributed by atoms with Crippen LogP contribution < -0.4 is 10.6 Å². The van der Waals surface area contributed by atoms with Crippen LogP contribution in [0.4, 0.5) is 0 Å². The molecule has 120 valence electrons. The van der Waals surface area contributed by atoms with Gasteiger partial charge in [-0.3, -0.25) is 9.89 Å². The highest BCUT2D eigenvalue weighted by molar-refractivity contribution is 14.0. The lowest BCUT2D eigenvalue weighted by molar-refractivity contribution is -0.0179. The van der Waals surface area contributed by atoms with Crippen LogP contribution >= 0.6 is 24.0 Å². The van der Waals surface area contributed by atoms with Crippen molar-refractivity contribution in [2.24, 2.45) is 4.99 Å². The van der Waals surface area contributed by atoms with E-state index in [1.165, 1.54) is 0 Å². The molecule has 0 bridgehead atoms. The number of aliphatic hydroxyl groups is 1. The van der Waals surface area contributed by atoms with E-state index in [9.17, 15) is 5.11 Å². The summed E-state index contributed by atoms with van der Waals surface area (Å²) in [6.45, 7) is 11.8. The summed E-state index contributed by atoms with van der Waals surface area (Å²) >= 11 is 0. The van der Waals surface area contributed by atoms with Crippen LogP contribution in [0, 0.1) is 0 Å². The van der Waals surface area contributed by atoms with Crippen LogP contribution in [0.1, 0.15) is 20.8 Å². The molecule has 0 aromatic rings.